The van der Waals surface area contributed by atoms with Crippen molar-refractivity contribution in [3.05, 3.63) is 35.9 Å². The highest BCUT2D eigenvalue weighted by molar-refractivity contribution is 7.89. The first-order valence-corrected chi connectivity index (χ1v) is 9.60. The lowest BCUT2D eigenvalue weighted by Gasteiger charge is -2.25. The Kier molecular flexibility index (Phi) is 4.87. The number of rotatable bonds is 4. The van der Waals surface area contributed by atoms with Gasteiger partial charge in [-0.1, -0.05) is 6.42 Å². The zero-order valence-corrected chi connectivity index (χ0v) is 15.1. The lowest BCUT2D eigenvalue weighted by molar-refractivity contribution is 0.101. The Labute approximate surface area is 146 Å². The number of hydrogen-bond donors (Lipinski definition) is 1. The zero-order valence-electron chi connectivity index (χ0n) is 14.3. The van der Waals surface area contributed by atoms with Gasteiger partial charge in [-0.05, 0) is 31.9 Å². The quantitative estimate of drug-likeness (QED) is 0.889. The van der Waals surface area contributed by atoms with Gasteiger partial charge in [0, 0.05) is 26.3 Å². The van der Waals surface area contributed by atoms with Crippen molar-refractivity contribution in [1.29, 1.82) is 0 Å². The van der Waals surface area contributed by atoms with E-state index in [4.69, 9.17) is 0 Å². The Morgan fingerprint density at radius 3 is 2.64 bits per heavy atom. The van der Waals surface area contributed by atoms with Gasteiger partial charge < -0.3 is 9.88 Å². The molecule has 0 aromatic carbocycles. The number of piperidine rings is 1. The highest BCUT2D eigenvalue weighted by Crippen LogP contribution is 2.23. The van der Waals surface area contributed by atoms with Crippen molar-refractivity contribution in [2.75, 3.05) is 18.4 Å². The molecule has 1 amide bonds. The molecule has 1 aliphatic heterocycles. The van der Waals surface area contributed by atoms with Crippen LogP contribution in [0.3, 0.4) is 0 Å². The van der Waals surface area contributed by atoms with Crippen LogP contribution in [0.5, 0.6) is 0 Å². The minimum atomic E-state index is -3.57. The van der Waals surface area contributed by atoms with Crippen LogP contribution in [0.25, 0.3) is 0 Å². The Balaban J connectivity index is 1.84. The Morgan fingerprint density at radius 1 is 1.24 bits per heavy atom. The Bertz CT molecular complexity index is 885. The number of aryl methyl sites for hydroxylation is 2. The molecule has 134 valence electrons. The number of nitrogens with one attached hydrogen (secondary N) is 1. The van der Waals surface area contributed by atoms with Crippen LogP contribution in [0.4, 0.5) is 5.69 Å². The van der Waals surface area contributed by atoms with Crippen LogP contribution in [-0.2, 0) is 17.1 Å². The summed E-state index contributed by atoms with van der Waals surface area (Å²) in [5.41, 5.74) is 1.40. The van der Waals surface area contributed by atoms with Crippen molar-refractivity contribution >= 4 is 21.6 Å². The average Bonchev–Trinajstić information content (AvgIpc) is 3.00. The van der Waals surface area contributed by atoms with Crippen LogP contribution in [0.15, 0.2) is 29.4 Å². The first-order chi connectivity index (χ1) is 11.9. The van der Waals surface area contributed by atoms with Crippen molar-refractivity contribution < 1.29 is 13.2 Å². The van der Waals surface area contributed by atoms with Gasteiger partial charge in [-0.15, -0.1) is 0 Å². The second-order valence-corrected chi connectivity index (χ2v) is 8.06. The summed E-state index contributed by atoms with van der Waals surface area (Å²) < 4.78 is 28.5. The van der Waals surface area contributed by atoms with Crippen molar-refractivity contribution in [3.63, 3.8) is 0 Å². The summed E-state index contributed by atoms with van der Waals surface area (Å²) >= 11 is 0. The number of carbonyl (C=O) groups is 1. The first kappa shape index (κ1) is 17.6. The monoisotopic (exact) mass is 363 g/mol. The highest BCUT2D eigenvalue weighted by atomic mass is 32.2. The van der Waals surface area contributed by atoms with Crippen LogP contribution < -0.4 is 5.32 Å². The summed E-state index contributed by atoms with van der Waals surface area (Å²) in [5, 5.41) is 10.4. The van der Waals surface area contributed by atoms with Crippen LogP contribution in [0.1, 0.15) is 35.4 Å². The smallest absolute Gasteiger partial charge is 0.272 e. The minimum Gasteiger partial charge on any atom is -0.345 e. The Hall–Kier alpha value is -2.26. The molecule has 8 nitrogen and oxygen atoms in total. The number of amides is 1. The molecule has 0 saturated carbocycles. The van der Waals surface area contributed by atoms with Crippen LogP contribution >= 0.6 is 0 Å². The summed E-state index contributed by atoms with van der Waals surface area (Å²) in [7, 11) is -1.91. The maximum Gasteiger partial charge on any atom is 0.272 e. The van der Waals surface area contributed by atoms with Crippen molar-refractivity contribution in [3.8, 4) is 0 Å². The number of anilines is 1. The molecular weight excluding hydrogens is 342 g/mol. The van der Waals surface area contributed by atoms with E-state index in [0.717, 1.165) is 19.3 Å². The summed E-state index contributed by atoms with van der Waals surface area (Å²) in [6, 6.07) is 3.07. The second-order valence-electron chi connectivity index (χ2n) is 6.12. The molecular formula is C16H21N5O3S. The lowest BCUT2D eigenvalue weighted by Crippen LogP contribution is -2.35. The largest absolute Gasteiger partial charge is 0.345 e. The molecule has 9 heteroatoms. The van der Waals surface area contributed by atoms with Gasteiger partial charge in [0.2, 0.25) is 10.0 Å². The number of aromatic nitrogens is 3. The van der Waals surface area contributed by atoms with Crippen LogP contribution in [-0.4, -0.2) is 46.5 Å². The fraction of sp³-hybridized carbons (Fsp3) is 0.438. The second kappa shape index (κ2) is 6.93. The fourth-order valence-electron chi connectivity index (χ4n) is 2.88. The maximum absolute atomic E-state index is 12.8. The van der Waals surface area contributed by atoms with E-state index in [2.05, 4.69) is 15.5 Å². The predicted molar refractivity (Wildman–Crippen MR) is 92.7 cm³/mol. The lowest BCUT2D eigenvalue weighted by atomic mass is 10.2. The van der Waals surface area contributed by atoms with Crippen LogP contribution in [0, 0.1) is 6.92 Å². The fourth-order valence-corrected chi connectivity index (χ4v) is 4.47. The highest BCUT2D eigenvalue weighted by Gasteiger charge is 2.28. The molecule has 0 radical (unpaired) electrons. The molecule has 2 aromatic rings. The zero-order chi connectivity index (χ0) is 18.0. The SMILES string of the molecule is Cc1nnccc1NC(=O)c1cc(S(=O)(=O)N2CCCCC2)cn1C. The third kappa shape index (κ3) is 3.57. The molecule has 0 atom stereocenters. The van der Waals surface area contributed by atoms with Gasteiger partial charge in [0.1, 0.15) is 10.6 Å². The van der Waals surface area contributed by atoms with Gasteiger partial charge in [0.05, 0.1) is 17.6 Å². The van der Waals surface area contributed by atoms with Gasteiger partial charge in [-0.2, -0.15) is 14.5 Å². The van der Waals surface area contributed by atoms with Crippen molar-refractivity contribution in [2.45, 2.75) is 31.1 Å². The van der Waals surface area contributed by atoms with E-state index in [9.17, 15) is 13.2 Å². The molecule has 1 N–H and O–H groups in total. The standard InChI is InChI=1S/C16H21N5O3S/c1-12-14(6-7-17-19-12)18-16(22)15-10-13(11-20(15)2)25(23,24)21-8-4-3-5-9-21/h6-7,10-11H,3-5,8-9H2,1-2H3,(H,17,18,22). The predicted octanol–water partition coefficient (Wildman–Crippen LogP) is 1.55. The van der Waals surface area contributed by atoms with Gasteiger partial charge in [0.25, 0.3) is 5.91 Å². The summed E-state index contributed by atoms with van der Waals surface area (Å²) in [5.74, 6) is -0.390. The summed E-state index contributed by atoms with van der Waals surface area (Å²) in [6.45, 7) is 2.79. The molecule has 0 bridgehead atoms. The topological polar surface area (TPSA) is 97.2 Å². The first-order valence-electron chi connectivity index (χ1n) is 8.16. The number of sulfonamides is 1. The molecule has 3 rings (SSSR count). The van der Waals surface area contributed by atoms with E-state index >= 15 is 0 Å². The molecule has 1 saturated heterocycles. The normalized spacial score (nSPS) is 15.9. The molecule has 2 aromatic heterocycles. The molecule has 1 fully saturated rings. The van der Waals surface area contributed by atoms with Gasteiger partial charge >= 0.3 is 0 Å². The minimum absolute atomic E-state index is 0.145. The van der Waals surface area contributed by atoms with E-state index in [0.29, 0.717) is 24.5 Å². The summed E-state index contributed by atoms with van der Waals surface area (Å²) in [6.07, 6.45) is 5.76. The third-order valence-corrected chi connectivity index (χ3v) is 6.18. The number of nitrogens with zero attached hydrogens (tertiary/aromatic N) is 4. The van der Waals surface area contributed by atoms with Gasteiger partial charge in [0.15, 0.2) is 0 Å². The van der Waals surface area contributed by atoms with Crippen molar-refractivity contribution in [2.24, 2.45) is 7.05 Å². The molecule has 3 heterocycles. The number of hydrogen-bond acceptors (Lipinski definition) is 5. The molecule has 0 spiro atoms. The molecule has 1 aliphatic rings. The van der Waals surface area contributed by atoms with Gasteiger partial charge in [-0.3, -0.25) is 4.79 Å². The Morgan fingerprint density at radius 2 is 1.96 bits per heavy atom. The molecule has 25 heavy (non-hydrogen) atoms. The van der Waals surface area contributed by atoms with E-state index in [1.165, 1.54) is 27.3 Å². The molecule has 0 aliphatic carbocycles. The van der Waals surface area contributed by atoms with Crippen LogP contribution in [0.2, 0.25) is 0 Å². The maximum atomic E-state index is 12.8. The molecule has 0 unspecified atom stereocenters. The van der Waals surface area contributed by atoms with E-state index in [-0.39, 0.29) is 10.6 Å². The third-order valence-electron chi connectivity index (χ3n) is 4.32. The van der Waals surface area contributed by atoms with E-state index in [1.807, 2.05) is 0 Å². The average molecular weight is 363 g/mol. The van der Waals surface area contributed by atoms with E-state index in [1.54, 1.807) is 20.0 Å². The van der Waals surface area contributed by atoms with E-state index < -0.39 is 15.9 Å². The van der Waals surface area contributed by atoms with Crippen molar-refractivity contribution in [1.82, 2.24) is 19.1 Å². The number of carbonyl (C=O) groups excluding carboxylic acids is 1. The summed E-state index contributed by atoms with van der Waals surface area (Å²) in [4.78, 5) is 12.7. The van der Waals surface area contributed by atoms with Gasteiger partial charge in [-0.25, -0.2) is 8.42 Å².